The van der Waals surface area contributed by atoms with Crippen LogP contribution in [-0.4, -0.2) is 31.7 Å². The van der Waals surface area contributed by atoms with Gasteiger partial charge >= 0.3 is 0 Å². The van der Waals surface area contributed by atoms with Gasteiger partial charge in [0.2, 0.25) is 15.9 Å². The van der Waals surface area contributed by atoms with E-state index in [1.807, 2.05) is 0 Å². The third kappa shape index (κ3) is 3.47. The van der Waals surface area contributed by atoms with Crippen LogP contribution in [0.5, 0.6) is 5.88 Å². The molecule has 1 N–H and O–H groups in total. The van der Waals surface area contributed by atoms with Gasteiger partial charge in [0.25, 0.3) is 5.91 Å². The molecule has 1 aromatic rings. The van der Waals surface area contributed by atoms with Crippen LogP contribution in [0.4, 0.5) is 0 Å². The van der Waals surface area contributed by atoms with E-state index >= 15 is 0 Å². The predicted molar refractivity (Wildman–Crippen MR) is 74.0 cm³/mol. The van der Waals surface area contributed by atoms with Gasteiger partial charge in [-0.25, -0.2) is 18.1 Å². The number of hydrogen-bond donors (Lipinski definition) is 1. The van der Waals surface area contributed by atoms with Gasteiger partial charge in [0, 0.05) is 12.3 Å². The van der Waals surface area contributed by atoms with Crippen molar-refractivity contribution in [1.29, 1.82) is 0 Å². The number of nitrogens with one attached hydrogen (secondary N) is 1. The van der Waals surface area contributed by atoms with E-state index in [-0.39, 0.29) is 5.56 Å². The number of nitrogens with zero attached hydrogens (tertiary/aromatic N) is 1. The Morgan fingerprint density at radius 3 is 2.55 bits per heavy atom. The Balaban J connectivity index is 2.05. The summed E-state index contributed by atoms with van der Waals surface area (Å²) < 4.78 is 31.2. The minimum Gasteiger partial charge on any atom is -0.481 e. The summed E-state index contributed by atoms with van der Waals surface area (Å²) in [6, 6.07) is 3.00. The second kappa shape index (κ2) is 6.21. The van der Waals surface area contributed by atoms with Crippen molar-refractivity contribution < 1.29 is 17.9 Å². The first-order valence-corrected chi connectivity index (χ1v) is 8.13. The van der Waals surface area contributed by atoms with Crippen LogP contribution in [0.3, 0.4) is 0 Å². The molecule has 2 rings (SSSR count). The number of carbonyl (C=O) groups is 1. The van der Waals surface area contributed by atoms with Crippen LogP contribution in [0.2, 0.25) is 0 Å². The largest absolute Gasteiger partial charge is 0.481 e. The third-order valence-electron chi connectivity index (χ3n) is 3.43. The molecular weight excluding hydrogens is 280 g/mol. The van der Waals surface area contributed by atoms with Crippen LogP contribution in [0.15, 0.2) is 18.3 Å². The standard InChI is InChI=1S/C13H18N2O4S/c1-19-12-8-7-10(9-14-12)13(16)15-20(17,18)11-5-3-2-4-6-11/h7-9,11H,2-6H2,1H3,(H,15,16). The Morgan fingerprint density at radius 2 is 2.00 bits per heavy atom. The number of amides is 1. The summed E-state index contributed by atoms with van der Waals surface area (Å²) in [5.41, 5.74) is 0.199. The molecule has 1 saturated carbocycles. The van der Waals surface area contributed by atoms with E-state index in [0.717, 1.165) is 19.3 Å². The summed E-state index contributed by atoms with van der Waals surface area (Å²) in [4.78, 5) is 15.8. The van der Waals surface area contributed by atoms with Crippen molar-refractivity contribution in [2.75, 3.05) is 7.11 Å². The topological polar surface area (TPSA) is 85.4 Å². The van der Waals surface area contributed by atoms with E-state index < -0.39 is 21.2 Å². The lowest BCUT2D eigenvalue weighted by Gasteiger charge is -2.21. The molecule has 0 saturated heterocycles. The summed E-state index contributed by atoms with van der Waals surface area (Å²) in [7, 11) is -2.14. The second-order valence-electron chi connectivity index (χ2n) is 4.83. The molecule has 6 nitrogen and oxygen atoms in total. The minimum atomic E-state index is -3.60. The highest BCUT2D eigenvalue weighted by atomic mass is 32.2. The molecule has 1 aliphatic rings. The fourth-order valence-electron chi connectivity index (χ4n) is 2.28. The highest BCUT2D eigenvalue weighted by Gasteiger charge is 2.29. The maximum atomic E-state index is 12.1. The molecule has 0 radical (unpaired) electrons. The average molecular weight is 298 g/mol. The first kappa shape index (κ1) is 14.8. The van der Waals surface area contributed by atoms with E-state index in [1.54, 1.807) is 0 Å². The molecule has 1 fully saturated rings. The zero-order valence-electron chi connectivity index (χ0n) is 11.3. The lowest BCUT2D eigenvalue weighted by Crippen LogP contribution is -2.39. The van der Waals surface area contributed by atoms with E-state index in [9.17, 15) is 13.2 Å². The number of carbonyl (C=O) groups excluding carboxylic acids is 1. The first-order chi connectivity index (χ1) is 9.53. The van der Waals surface area contributed by atoms with Crippen LogP contribution in [0, 0.1) is 0 Å². The van der Waals surface area contributed by atoms with E-state index in [1.165, 1.54) is 25.4 Å². The van der Waals surface area contributed by atoms with Gasteiger partial charge in [0.15, 0.2) is 0 Å². The van der Waals surface area contributed by atoms with Gasteiger partial charge in [-0.05, 0) is 18.9 Å². The molecule has 20 heavy (non-hydrogen) atoms. The maximum Gasteiger partial charge on any atom is 0.266 e. The number of hydrogen-bond acceptors (Lipinski definition) is 5. The maximum absolute atomic E-state index is 12.1. The SMILES string of the molecule is COc1ccc(C(=O)NS(=O)(=O)C2CCCCC2)cn1. The summed E-state index contributed by atoms with van der Waals surface area (Å²) in [5.74, 6) is -0.276. The molecule has 1 aliphatic carbocycles. The summed E-state index contributed by atoms with van der Waals surface area (Å²) in [5, 5.41) is -0.466. The summed E-state index contributed by atoms with van der Waals surface area (Å²) >= 11 is 0. The van der Waals surface area contributed by atoms with Crippen molar-refractivity contribution in [3.05, 3.63) is 23.9 Å². The van der Waals surface area contributed by atoms with Crippen molar-refractivity contribution in [2.45, 2.75) is 37.4 Å². The Bertz CT molecular complexity index is 563. The monoisotopic (exact) mass is 298 g/mol. The van der Waals surface area contributed by atoms with Crippen LogP contribution in [0.1, 0.15) is 42.5 Å². The van der Waals surface area contributed by atoms with Gasteiger partial charge in [-0.1, -0.05) is 19.3 Å². The van der Waals surface area contributed by atoms with Crippen molar-refractivity contribution >= 4 is 15.9 Å². The molecule has 0 aromatic carbocycles. The molecule has 0 aliphatic heterocycles. The molecule has 1 amide bonds. The number of methoxy groups -OCH3 is 1. The summed E-state index contributed by atoms with van der Waals surface area (Å²) in [6.45, 7) is 0. The Labute approximate surface area is 118 Å². The third-order valence-corrected chi connectivity index (χ3v) is 5.25. The lowest BCUT2D eigenvalue weighted by atomic mass is 10.0. The Morgan fingerprint density at radius 1 is 1.30 bits per heavy atom. The number of pyridine rings is 1. The van der Waals surface area contributed by atoms with E-state index in [2.05, 4.69) is 9.71 Å². The number of sulfonamides is 1. The lowest BCUT2D eigenvalue weighted by molar-refractivity contribution is 0.0980. The molecular formula is C13H18N2O4S. The molecule has 110 valence electrons. The molecule has 0 atom stereocenters. The fraction of sp³-hybridized carbons (Fsp3) is 0.538. The number of ether oxygens (including phenoxy) is 1. The highest BCUT2D eigenvalue weighted by molar-refractivity contribution is 7.90. The molecule has 0 unspecified atom stereocenters. The zero-order chi connectivity index (χ0) is 14.6. The molecule has 1 aromatic heterocycles. The van der Waals surface area contributed by atoms with Crippen molar-refractivity contribution in [1.82, 2.24) is 9.71 Å². The van der Waals surface area contributed by atoms with Crippen LogP contribution < -0.4 is 9.46 Å². The average Bonchev–Trinajstić information content (AvgIpc) is 2.48. The van der Waals surface area contributed by atoms with Crippen molar-refractivity contribution in [3.63, 3.8) is 0 Å². The van der Waals surface area contributed by atoms with Gasteiger partial charge in [0.1, 0.15) is 0 Å². The predicted octanol–water partition coefficient (Wildman–Crippen LogP) is 1.48. The zero-order valence-corrected chi connectivity index (χ0v) is 12.1. The van der Waals surface area contributed by atoms with E-state index in [4.69, 9.17) is 4.74 Å². The fourth-order valence-corrected chi connectivity index (χ4v) is 3.78. The number of rotatable bonds is 4. The summed E-state index contributed by atoms with van der Waals surface area (Å²) in [6.07, 6.45) is 5.37. The normalized spacial score (nSPS) is 16.6. The first-order valence-electron chi connectivity index (χ1n) is 6.59. The molecule has 7 heteroatoms. The smallest absolute Gasteiger partial charge is 0.266 e. The number of aromatic nitrogens is 1. The Kier molecular flexibility index (Phi) is 4.59. The Hall–Kier alpha value is -1.63. The van der Waals surface area contributed by atoms with Gasteiger partial charge in [-0.15, -0.1) is 0 Å². The minimum absolute atomic E-state index is 0.199. The van der Waals surface area contributed by atoms with Gasteiger partial charge in [-0.2, -0.15) is 0 Å². The molecule has 0 spiro atoms. The molecule has 0 bridgehead atoms. The quantitative estimate of drug-likeness (QED) is 0.910. The van der Waals surface area contributed by atoms with Crippen molar-refractivity contribution in [2.24, 2.45) is 0 Å². The van der Waals surface area contributed by atoms with Crippen molar-refractivity contribution in [3.8, 4) is 5.88 Å². The van der Waals surface area contributed by atoms with Gasteiger partial charge in [0.05, 0.1) is 17.9 Å². The highest BCUT2D eigenvalue weighted by Crippen LogP contribution is 2.23. The molecule has 1 heterocycles. The van der Waals surface area contributed by atoms with Gasteiger partial charge < -0.3 is 4.74 Å². The van der Waals surface area contributed by atoms with E-state index in [0.29, 0.717) is 18.7 Å². The van der Waals surface area contributed by atoms with Gasteiger partial charge in [-0.3, -0.25) is 4.79 Å². The van der Waals surface area contributed by atoms with Crippen LogP contribution in [0.25, 0.3) is 0 Å². The second-order valence-corrected chi connectivity index (χ2v) is 6.79. The van der Waals surface area contributed by atoms with Crippen LogP contribution >= 0.6 is 0 Å². The van der Waals surface area contributed by atoms with Crippen LogP contribution in [-0.2, 0) is 10.0 Å².